The molecule has 0 spiro atoms. The number of amides is 1. The average Bonchev–Trinajstić information content (AvgIpc) is 2.42. The van der Waals surface area contributed by atoms with E-state index in [1.165, 1.54) is 12.2 Å². The van der Waals surface area contributed by atoms with Gasteiger partial charge in [-0.15, -0.1) is 0 Å². The summed E-state index contributed by atoms with van der Waals surface area (Å²) in [5, 5.41) is 2.64. The summed E-state index contributed by atoms with van der Waals surface area (Å²) >= 11 is 0. The lowest BCUT2D eigenvalue weighted by Crippen LogP contribution is -2.27. The SMILES string of the molecule is C[C@@H](/C=C/C(=O)OC(C)(C)C)OC(=O)NCc1ccccc1. The van der Waals surface area contributed by atoms with Crippen molar-refractivity contribution in [3.8, 4) is 0 Å². The van der Waals surface area contributed by atoms with Crippen molar-refractivity contribution in [2.75, 3.05) is 0 Å². The average molecular weight is 305 g/mol. The van der Waals surface area contributed by atoms with Crippen molar-refractivity contribution >= 4 is 12.1 Å². The predicted octanol–water partition coefficient (Wildman–Crippen LogP) is 3.20. The van der Waals surface area contributed by atoms with Crippen LogP contribution < -0.4 is 5.32 Å². The predicted molar refractivity (Wildman–Crippen MR) is 84.2 cm³/mol. The van der Waals surface area contributed by atoms with E-state index in [1.807, 2.05) is 30.3 Å². The number of rotatable bonds is 5. The number of alkyl carbamates (subject to hydrolysis) is 1. The van der Waals surface area contributed by atoms with Crippen LogP contribution in [0.15, 0.2) is 42.5 Å². The smallest absolute Gasteiger partial charge is 0.407 e. The van der Waals surface area contributed by atoms with Gasteiger partial charge < -0.3 is 14.8 Å². The van der Waals surface area contributed by atoms with Crippen LogP contribution in [0.2, 0.25) is 0 Å². The maximum absolute atomic E-state index is 11.6. The first-order chi connectivity index (χ1) is 10.3. The Bertz CT molecular complexity index is 517. The van der Waals surface area contributed by atoms with Gasteiger partial charge in [0, 0.05) is 12.6 Å². The fourth-order valence-corrected chi connectivity index (χ4v) is 1.57. The number of carbonyl (C=O) groups is 2. The maximum atomic E-state index is 11.6. The molecule has 0 saturated carbocycles. The van der Waals surface area contributed by atoms with Crippen molar-refractivity contribution in [2.45, 2.75) is 45.9 Å². The molecule has 0 aliphatic rings. The molecule has 0 fully saturated rings. The summed E-state index contributed by atoms with van der Waals surface area (Å²) in [6.07, 6.45) is 1.69. The van der Waals surface area contributed by atoms with Gasteiger partial charge in [0.2, 0.25) is 0 Å². The largest absolute Gasteiger partial charge is 0.457 e. The molecule has 1 aromatic rings. The van der Waals surface area contributed by atoms with E-state index >= 15 is 0 Å². The first-order valence-electron chi connectivity index (χ1n) is 7.16. The normalized spacial score (nSPS) is 12.7. The highest BCUT2D eigenvalue weighted by Gasteiger charge is 2.14. The molecule has 0 heterocycles. The van der Waals surface area contributed by atoms with Crippen LogP contribution in [-0.4, -0.2) is 23.8 Å². The molecule has 5 nitrogen and oxygen atoms in total. The zero-order chi connectivity index (χ0) is 16.6. The summed E-state index contributed by atoms with van der Waals surface area (Å²) in [7, 11) is 0. The molecule has 0 bridgehead atoms. The van der Waals surface area contributed by atoms with E-state index in [0.717, 1.165) is 5.56 Å². The Morgan fingerprint density at radius 1 is 1.23 bits per heavy atom. The van der Waals surface area contributed by atoms with E-state index in [0.29, 0.717) is 6.54 Å². The van der Waals surface area contributed by atoms with Gasteiger partial charge in [-0.25, -0.2) is 9.59 Å². The molecule has 5 heteroatoms. The van der Waals surface area contributed by atoms with Crippen LogP contribution >= 0.6 is 0 Å². The summed E-state index contributed by atoms with van der Waals surface area (Å²) in [5.74, 6) is -0.465. The Morgan fingerprint density at radius 2 is 1.86 bits per heavy atom. The molecule has 120 valence electrons. The molecule has 0 aromatic heterocycles. The van der Waals surface area contributed by atoms with Gasteiger partial charge in [0.15, 0.2) is 0 Å². The molecule has 1 atom stereocenters. The van der Waals surface area contributed by atoms with E-state index < -0.39 is 23.8 Å². The first kappa shape index (κ1) is 17.8. The standard InChI is InChI=1S/C17H23NO4/c1-13(10-11-15(19)22-17(2,3)4)21-16(20)18-12-14-8-6-5-7-9-14/h5-11,13H,12H2,1-4H3,(H,18,20)/b11-10+/t13-/m0/s1. The van der Waals surface area contributed by atoms with Crippen molar-refractivity contribution in [1.29, 1.82) is 0 Å². The number of esters is 1. The van der Waals surface area contributed by atoms with Crippen LogP contribution in [0.4, 0.5) is 4.79 Å². The Hall–Kier alpha value is -2.30. The van der Waals surface area contributed by atoms with Gasteiger partial charge >= 0.3 is 12.1 Å². The Kier molecular flexibility index (Phi) is 6.63. The Morgan fingerprint density at radius 3 is 2.45 bits per heavy atom. The van der Waals surface area contributed by atoms with Gasteiger partial charge in [0.1, 0.15) is 11.7 Å². The van der Waals surface area contributed by atoms with Crippen LogP contribution in [0.3, 0.4) is 0 Å². The minimum atomic E-state index is -0.543. The van der Waals surface area contributed by atoms with Crippen LogP contribution in [0.5, 0.6) is 0 Å². The molecule has 0 aliphatic carbocycles. The number of benzene rings is 1. The van der Waals surface area contributed by atoms with E-state index in [1.54, 1.807) is 27.7 Å². The Labute approximate surface area is 131 Å². The van der Waals surface area contributed by atoms with Gasteiger partial charge in [-0.2, -0.15) is 0 Å². The highest BCUT2D eigenvalue weighted by atomic mass is 16.6. The number of carbonyl (C=O) groups excluding carboxylic acids is 2. The summed E-state index contributed by atoms with van der Waals surface area (Å²) in [6, 6.07) is 9.52. The maximum Gasteiger partial charge on any atom is 0.407 e. The number of nitrogens with one attached hydrogen (secondary N) is 1. The van der Waals surface area contributed by atoms with E-state index in [-0.39, 0.29) is 0 Å². The second kappa shape index (κ2) is 8.22. The fraction of sp³-hybridized carbons (Fsp3) is 0.412. The molecule has 0 unspecified atom stereocenters. The molecule has 1 aromatic carbocycles. The van der Waals surface area contributed by atoms with Crippen molar-refractivity contribution in [3.05, 3.63) is 48.0 Å². The van der Waals surface area contributed by atoms with Crippen molar-refractivity contribution < 1.29 is 19.1 Å². The topological polar surface area (TPSA) is 64.6 Å². The van der Waals surface area contributed by atoms with Crippen molar-refractivity contribution in [2.24, 2.45) is 0 Å². The van der Waals surface area contributed by atoms with Crippen LogP contribution in [0.1, 0.15) is 33.3 Å². The van der Waals surface area contributed by atoms with E-state index in [2.05, 4.69) is 5.32 Å². The monoisotopic (exact) mass is 305 g/mol. The third-order valence-corrected chi connectivity index (χ3v) is 2.48. The number of ether oxygens (including phenoxy) is 2. The fourth-order valence-electron chi connectivity index (χ4n) is 1.57. The summed E-state index contributed by atoms with van der Waals surface area (Å²) < 4.78 is 10.2. The third-order valence-electron chi connectivity index (χ3n) is 2.48. The minimum Gasteiger partial charge on any atom is -0.457 e. The lowest BCUT2D eigenvalue weighted by Gasteiger charge is -2.18. The third kappa shape index (κ3) is 8.09. The summed E-state index contributed by atoms with van der Waals surface area (Å²) in [4.78, 5) is 23.1. The zero-order valence-corrected chi connectivity index (χ0v) is 13.5. The van der Waals surface area contributed by atoms with Crippen LogP contribution in [0.25, 0.3) is 0 Å². The van der Waals surface area contributed by atoms with Crippen molar-refractivity contribution in [3.63, 3.8) is 0 Å². The lowest BCUT2D eigenvalue weighted by molar-refractivity contribution is -0.148. The molecule has 0 aliphatic heterocycles. The Balaban J connectivity index is 2.33. The van der Waals surface area contributed by atoms with Gasteiger partial charge in [-0.1, -0.05) is 30.3 Å². The molecule has 0 radical (unpaired) electrons. The quantitative estimate of drug-likeness (QED) is 0.670. The summed E-state index contributed by atoms with van der Waals surface area (Å²) in [5.41, 5.74) is 0.440. The van der Waals surface area contributed by atoms with Crippen LogP contribution in [-0.2, 0) is 20.8 Å². The molecule has 1 amide bonds. The van der Waals surface area contributed by atoms with Crippen LogP contribution in [0, 0.1) is 0 Å². The minimum absolute atomic E-state index is 0.391. The second-order valence-corrected chi connectivity index (χ2v) is 5.84. The van der Waals surface area contributed by atoms with E-state index in [4.69, 9.17) is 9.47 Å². The van der Waals surface area contributed by atoms with Crippen molar-refractivity contribution in [1.82, 2.24) is 5.32 Å². The number of hydrogen-bond donors (Lipinski definition) is 1. The second-order valence-electron chi connectivity index (χ2n) is 5.84. The van der Waals surface area contributed by atoms with Gasteiger partial charge in [-0.3, -0.25) is 0 Å². The number of hydrogen-bond acceptors (Lipinski definition) is 4. The lowest BCUT2D eigenvalue weighted by atomic mass is 10.2. The van der Waals surface area contributed by atoms with E-state index in [9.17, 15) is 9.59 Å². The molecular formula is C17H23NO4. The summed E-state index contributed by atoms with van der Waals surface area (Å²) in [6.45, 7) is 7.42. The molecule has 1 rings (SSSR count). The van der Waals surface area contributed by atoms with Gasteiger partial charge in [-0.05, 0) is 39.3 Å². The molecule has 22 heavy (non-hydrogen) atoms. The zero-order valence-electron chi connectivity index (χ0n) is 13.5. The molecular weight excluding hydrogens is 282 g/mol. The highest BCUT2D eigenvalue weighted by molar-refractivity contribution is 5.82. The molecule has 1 N–H and O–H groups in total. The highest BCUT2D eigenvalue weighted by Crippen LogP contribution is 2.07. The molecule has 0 saturated heterocycles. The van der Waals surface area contributed by atoms with Gasteiger partial charge in [0.05, 0.1) is 0 Å². The van der Waals surface area contributed by atoms with Gasteiger partial charge in [0.25, 0.3) is 0 Å². The first-order valence-corrected chi connectivity index (χ1v) is 7.16.